The smallest absolute Gasteiger partial charge is 0.448 e. The number of hydrogen-bond donors (Lipinski definition) is 6. The molecule has 0 spiro atoms. The number of aliphatic hydroxyl groups excluding tert-OH is 1. The number of hydrogen-bond acceptors (Lipinski definition) is 5. The van der Waals surface area contributed by atoms with E-state index < -0.39 is 31.3 Å². The van der Waals surface area contributed by atoms with E-state index in [0.29, 0.717) is 5.56 Å². The normalized spacial score (nSPS) is 17.8. The third-order valence-corrected chi connectivity index (χ3v) is 3.65. The van der Waals surface area contributed by atoms with E-state index in [0.717, 1.165) is 0 Å². The van der Waals surface area contributed by atoms with Crippen LogP contribution in [0.4, 0.5) is 0 Å². The van der Waals surface area contributed by atoms with Gasteiger partial charge in [0, 0.05) is 12.8 Å². The first-order valence-corrected chi connectivity index (χ1v) is 8.13. The van der Waals surface area contributed by atoms with E-state index in [1.807, 2.05) is 0 Å². The zero-order valence-electron chi connectivity index (χ0n) is 11.9. The van der Waals surface area contributed by atoms with Gasteiger partial charge in [0.15, 0.2) is 5.79 Å². The van der Waals surface area contributed by atoms with Gasteiger partial charge in [-0.2, -0.15) is 4.76 Å². The van der Waals surface area contributed by atoms with Crippen molar-refractivity contribution < 1.29 is 34.8 Å². The first-order valence-electron chi connectivity index (χ1n) is 6.56. The molecule has 2 rings (SSSR count). The van der Waals surface area contributed by atoms with Gasteiger partial charge < -0.3 is 30.2 Å². The predicted molar refractivity (Wildman–Crippen MR) is 81.9 cm³/mol. The average Bonchev–Trinajstić information content (AvgIpc) is 2.35. The summed E-state index contributed by atoms with van der Waals surface area (Å²) in [4.78, 5) is 17.9. The Kier molecular flexibility index (Phi) is 4.74. The molecule has 0 saturated carbocycles. The second-order valence-electron chi connectivity index (χ2n) is 5.09. The van der Waals surface area contributed by atoms with Crippen molar-refractivity contribution in [2.45, 2.75) is 18.6 Å². The molecule has 0 aliphatic heterocycles. The van der Waals surface area contributed by atoms with Gasteiger partial charge in [-0.15, -0.1) is 0 Å². The summed E-state index contributed by atoms with van der Waals surface area (Å²) in [5.41, 5.74) is -0.449. The highest BCUT2D eigenvalue weighted by Gasteiger charge is 2.37. The summed E-state index contributed by atoms with van der Waals surface area (Å²) in [6.07, 6.45) is 2.08. The molecular weight excluding hydrogens is 325 g/mol. The summed E-state index contributed by atoms with van der Waals surface area (Å²) in [6, 6.07) is 5.73. The van der Waals surface area contributed by atoms with Gasteiger partial charge in [-0.05, 0) is 23.8 Å². The molecule has 9 heteroatoms. The van der Waals surface area contributed by atoms with E-state index >= 15 is 0 Å². The minimum absolute atomic E-state index is 0.0760. The van der Waals surface area contributed by atoms with E-state index in [4.69, 9.17) is 9.79 Å². The molecule has 6 N–H and O–H groups in total. The number of phenols is 1. The van der Waals surface area contributed by atoms with Crippen molar-refractivity contribution >= 4 is 13.5 Å². The molecule has 124 valence electrons. The van der Waals surface area contributed by atoms with E-state index in [1.165, 1.54) is 36.4 Å². The van der Waals surface area contributed by atoms with Crippen LogP contribution in [0.3, 0.4) is 0 Å². The van der Waals surface area contributed by atoms with Crippen LogP contribution in [0.1, 0.15) is 12.0 Å². The number of aliphatic hydroxyl groups is 3. The van der Waals surface area contributed by atoms with Crippen molar-refractivity contribution in [3.63, 3.8) is 0 Å². The van der Waals surface area contributed by atoms with Gasteiger partial charge in [0.1, 0.15) is 11.5 Å². The maximum Gasteiger partial charge on any atom is 0.448 e. The van der Waals surface area contributed by atoms with Crippen molar-refractivity contribution in [2.24, 2.45) is 4.76 Å². The number of aromatic hydroxyl groups is 1. The Morgan fingerprint density at radius 1 is 1.22 bits per heavy atom. The third kappa shape index (κ3) is 4.51. The summed E-state index contributed by atoms with van der Waals surface area (Å²) in [5, 5.41) is 39.9. The van der Waals surface area contributed by atoms with E-state index in [1.54, 1.807) is 0 Å². The lowest BCUT2D eigenvalue weighted by Gasteiger charge is -2.28. The Morgan fingerprint density at radius 3 is 2.52 bits per heavy atom. The Labute approximate surface area is 131 Å². The van der Waals surface area contributed by atoms with Crippen molar-refractivity contribution in [1.82, 2.24) is 0 Å². The standard InChI is InChI=1S/C14H16NO7P/c16-10-4-1-3-9(7-10)8-14(18,19)13-11(15-23(20,21)22)5-2-6-12(13)17/h1-4,6-7,16-19H,5,8H2,(H2,20,21,22). The molecule has 1 aliphatic carbocycles. The van der Waals surface area contributed by atoms with Crippen LogP contribution in [-0.4, -0.2) is 41.7 Å². The van der Waals surface area contributed by atoms with E-state index in [9.17, 15) is 25.0 Å². The average molecular weight is 341 g/mol. The zero-order chi connectivity index (χ0) is 17.3. The maximum absolute atomic E-state index is 11.1. The minimum atomic E-state index is -4.81. The first-order chi connectivity index (χ1) is 10.6. The molecule has 0 amide bonds. The van der Waals surface area contributed by atoms with Gasteiger partial charge in [-0.3, -0.25) is 0 Å². The SMILES string of the molecule is O=P(O)(O)N=C1CC=CC(O)=C1C(O)(O)Cc1cccc(O)c1. The van der Waals surface area contributed by atoms with Crippen molar-refractivity contribution in [3.8, 4) is 5.75 Å². The fourth-order valence-corrected chi connectivity index (χ4v) is 2.84. The van der Waals surface area contributed by atoms with Crippen LogP contribution in [-0.2, 0) is 11.0 Å². The molecular formula is C14H16NO7P. The van der Waals surface area contributed by atoms with Crippen LogP contribution in [0, 0.1) is 0 Å². The topological polar surface area (TPSA) is 151 Å². The minimum Gasteiger partial charge on any atom is -0.508 e. The number of phenolic OH excluding ortho intramolecular Hbond substituents is 1. The van der Waals surface area contributed by atoms with Crippen LogP contribution in [0.2, 0.25) is 0 Å². The largest absolute Gasteiger partial charge is 0.508 e. The van der Waals surface area contributed by atoms with Gasteiger partial charge in [0.25, 0.3) is 0 Å². The van der Waals surface area contributed by atoms with Crippen molar-refractivity contribution in [3.05, 3.63) is 53.3 Å². The summed E-state index contributed by atoms with van der Waals surface area (Å²) >= 11 is 0. The quantitative estimate of drug-likeness (QED) is 0.352. The van der Waals surface area contributed by atoms with Gasteiger partial charge >= 0.3 is 7.75 Å². The van der Waals surface area contributed by atoms with Crippen LogP contribution >= 0.6 is 7.75 Å². The van der Waals surface area contributed by atoms with E-state index in [-0.39, 0.29) is 17.9 Å². The predicted octanol–water partition coefficient (Wildman–Crippen LogP) is 0.921. The number of allylic oxidation sites excluding steroid dienone is 2. The number of nitrogens with zero attached hydrogens (tertiary/aromatic N) is 1. The van der Waals surface area contributed by atoms with Crippen molar-refractivity contribution in [2.75, 3.05) is 0 Å². The highest BCUT2D eigenvalue weighted by atomic mass is 31.2. The van der Waals surface area contributed by atoms with Gasteiger partial charge in [0.2, 0.25) is 0 Å². The molecule has 1 aromatic rings. The second kappa shape index (κ2) is 6.27. The van der Waals surface area contributed by atoms with Crippen LogP contribution < -0.4 is 0 Å². The Hall–Kier alpha value is -1.96. The van der Waals surface area contributed by atoms with Gasteiger partial charge in [-0.25, -0.2) is 4.57 Å². The highest BCUT2D eigenvalue weighted by molar-refractivity contribution is 7.50. The van der Waals surface area contributed by atoms with Crippen LogP contribution in [0.25, 0.3) is 0 Å². The molecule has 0 atom stereocenters. The monoisotopic (exact) mass is 341 g/mol. The molecule has 0 saturated heterocycles. The summed E-state index contributed by atoms with van der Waals surface area (Å²) < 4.78 is 14.2. The lowest BCUT2D eigenvalue weighted by Crippen LogP contribution is -2.38. The molecule has 1 aliphatic rings. The Balaban J connectivity index is 2.43. The number of benzene rings is 1. The molecule has 0 aromatic heterocycles. The van der Waals surface area contributed by atoms with E-state index in [2.05, 4.69) is 4.76 Å². The van der Waals surface area contributed by atoms with Crippen LogP contribution in [0.15, 0.2) is 52.5 Å². The second-order valence-corrected chi connectivity index (χ2v) is 6.32. The zero-order valence-corrected chi connectivity index (χ0v) is 12.8. The summed E-state index contributed by atoms with van der Waals surface area (Å²) in [5.74, 6) is -3.26. The fourth-order valence-electron chi connectivity index (χ4n) is 2.34. The highest BCUT2D eigenvalue weighted by Crippen LogP contribution is 2.40. The third-order valence-electron chi connectivity index (χ3n) is 3.14. The van der Waals surface area contributed by atoms with Crippen LogP contribution in [0.5, 0.6) is 5.75 Å². The molecule has 0 bridgehead atoms. The lowest BCUT2D eigenvalue weighted by molar-refractivity contribution is -0.123. The molecule has 8 nitrogen and oxygen atoms in total. The first kappa shape index (κ1) is 17.4. The van der Waals surface area contributed by atoms with Gasteiger partial charge in [-0.1, -0.05) is 18.2 Å². The molecule has 0 fully saturated rings. The molecule has 0 radical (unpaired) electrons. The molecule has 1 aromatic carbocycles. The summed E-state index contributed by atoms with van der Waals surface area (Å²) in [6.45, 7) is 0. The van der Waals surface area contributed by atoms with Gasteiger partial charge in [0.05, 0.1) is 11.3 Å². The lowest BCUT2D eigenvalue weighted by atomic mass is 9.89. The molecule has 0 heterocycles. The summed E-state index contributed by atoms with van der Waals surface area (Å²) in [7, 11) is -4.81. The fraction of sp³-hybridized carbons (Fsp3) is 0.214. The number of rotatable bonds is 4. The van der Waals surface area contributed by atoms with Crippen molar-refractivity contribution in [1.29, 1.82) is 0 Å². The molecule has 23 heavy (non-hydrogen) atoms. The Bertz CT molecular complexity index is 745. The molecule has 0 unspecified atom stereocenters. The maximum atomic E-state index is 11.1. The Morgan fingerprint density at radius 2 is 1.91 bits per heavy atom.